The average molecular weight is 285 g/mol. The maximum Gasteiger partial charge on any atom is 0.309 e. The smallest absolute Gasteiger partial charge is 0.309 e. The van der Waals surface area contributed by atoms with Gasteiger partial charge in [0.2, 0.25) is 0 Å². The van der Waals surface area contributed by atoms with Gasteiger partial charge in [-0.1, -0.05) is 23.7 Å². The predicted molar refractivity (Wildman–Crippen MR) is 65.6 cm³/mol. The quantitative estimate of drug-likeness (QED) is 0.786. The first-order chi connectivity index (χ1) is 9.06. The van der Waals surface area contributed by atoms with E-state index in [-0.39, 0.29) is 12.4 Å². The third kappa shape index (κ3) is 2.23. The van der Waals surface area contributed by atoms with Gasteiger partial charge in [-0.25, -0.2) is 0 Å². The van der Waals surface area contributed by atoms with E-state index in [9.17, 15) is 15.0 Å². The highest BCUT2D eigenvalue weighted by molar-refractivity contribution is 6.30. The number of hydrogen-bond donors (Lipinski definition) is 2. The third-order valence-corrected chi connectivity index (χ3v) is 3.78. The number of ether oxygens (including phenoxy) is 2. The molecule has 2 fully saturated rings. The maximum atomic E-state index is 11.1. The number of carbonyl (C=O) groups is 1. The van der Waals surface area contributed by atoms with Crippen LogP contribution in [0.15, 0.2) is 24.3 Å². The minimum atomic E-state index is -1.03. The van der Waals surface area contributed by atoms with Gasteiger partial charge in [-0.3, -0.25) is 4.79 Å². The van der Waals surface area contributed by atoms with E-state index in [1.165, 1.54) is 0 Å². The first-order valence-electron chi connectivity index (χ1n) is 6.03. The van der Waals surface area contributed by atoms with Gasteiger partial charge in [-0.05, 0) is 17.7 Å². The second-order valence-electron chi connectivity index (χ2n) is 4.78. The van der Waals surface area contributed by atoms with Crippen molar-refractivity contribution in [3.05, 3.63) is 34.9 Å². The molecule has 6 heteroatoms. The summed E-state index contributed by atoms with van der Waals surface area (Å²) < 4.78 is 10.5. The van der Waals surface area contributed by atoms with Crippen LogP contribution in [0.3, 0.4) is 0 Å². The summed E-state index contributed by atoms with van der Waals surface area (Å²) in [5.41, 5.74) is 0.597. The van der Waals surface area contributed by atoms with E-state index in [0.29, 0.717) is 10.6 Å². The van der Waals surface area contributed by atoms with Crippen LogP contribution in [0.4, 0.5) is 0 Å². The molecule has 19 heavy (non-hydrogen) atoms. The topological polar surface area (TPSA) is 76.0 Å². The van der Waals surface area contributed by atoms with Crippen molar-refractivity contribution >= 4 is 17.6 Å². The molecule has 102 valence electrons. The van der Waals surface area contributed by atoms with E-state index in [2.05, 4.69) is 0 Å². The number of benzene rings is 1. The first-order valence-corrected chi connectivity index (χ1v) is 6.40. The second kappa shape index (κ2) is 4.76. The molecule has 0 amide bonds. The van der Waals surface area contributed by atoms with E-state index in [1.807, 2.05) is 0 Å². The van der Waals surface area contributed by atoms with Crippen molar-refractivity contribution in [2.24, 2.45) is 0 Å². The van der Waals surface area contributed by atoms with Crippen LogP contribution in [0.5, 0.6) is 0 Å². The predicted octanol–water partition coefficient (Wildman–Crippen LogP) is 0.817. The number of aliphatic hydroxyl groups excluding tert-OH is 2. The van der Waals surface area contributed by atoms with E-state index >= 15 is 0 Å². The summed E-state index contributed by atoms with van der Waals surface area (Å²) in [7, 11) is 0. The van der Waals surface area contributed by atoms with Gasteiger partial charge in [0, 0.05) is 5.02 Å². The van der Waals surface area contributed by atoms with Crippen LogP contribution in [-0.4, -0.2) is 40.6 Å². The standard InChI is InChI=1S/C13H13ClO5/c14-7-3-1-6(2-4-7)10(16)13-11(17)12-8(18-13)5-9(15)19-12/h1-4,8,10-13,16-17H,5H2/t8-,10+,11-,12+,13-/m1/s1. The minimum Gasteiger partial charge on any atom is -0.457 e. The van der Waals surface area contributed by atoms with Crippen LogP contribution >= 0.6 is 11.6 Å². The number of esters is 1. The number of hydrogen-bond acceptors (Lipinski definition) is 5. The summed E-state index contributed by atoms with van der Waals surface area (Å²) in [5.74, 6) is -0.381. The van der Waals surface area contributed by atoms with Gasteiger partial charge in [0.25, 0.3) is 0 Å². The van der Waals surface area contributed by atoms with Crippen molar-refractivity contribution < 1.29 is 24.5 Å². The Bertz CT molecular complexity index is 488. The monoisotopic (exact) mass is 284 g/mol. The summed E-state index contributed by atoms with van der Waals surface area (Å²) >= 11 is 5.78. The van der Waals surface area contributed by atoms with Crippen LogP contribution in [0.25, 0.3) is 0 Å². The molecule has 1 aromatic rings. The summed E-state index contributed by atoms with van der Waals surface area (Å²) in [5, 5.41) is 20.9. The van der Waals surface area contributed by atoms with E-state index in [1.54, 1.807) is 24.3 Å². The summed E-state index contributed by atoms with van der Waals surface area (Å²) in [6, 6.07) is 6.65. The second-order valence-corrected chi connectivity index (χ2v) is 5.22. The fraction of sp³-hybridized carbons (Fsp3) is 0.462. The average Bonchev–Trinajstić information content (AvgIpc) is 2.88. The van der Waals surface area contributed by atoms with E-state index in [0.717, 1.165) is 0 Å². The normalized spacial score (nSPS) is 35.0. The zero-order valence-electron chi connectivity index (χ0n) is 9.90. The van der Waals surface area contributed by atoms with Crippen LogP contribution in [0.2, 0.25) is 5.02 Å². The fourth-order valence-electron chi connectivity index (χ4n) is 2.55. The molecule has 2 N–H and O–H groups in total. The zero-order valence-corrected chi connectivity index (χ0v) is 10.7. The highest BCUT2D eigenvalue weighted by Gasteiger charge is 2.53. The van der Waals surface area contributed by atoms with Crippen LogP contribution in [0.1, 0.15) is 18.1 Å². The molecule has 2 aliphatic heterocycles. The van der Waals surface area contributed by atoms with Gasteiger partial charge in [0.15, 0.2) is 6.10 Å². The first kappa shape index (κ1) is 12.9. The van der Waals surface area contributed by atoms with Gasteiger partial charge in [-0.15, -0.1) is 0 Å². The van der Waals surface area contributed by atoms with Gasteiger partial charge in [0.05, 0.1) is 6.42 Å². The summed E-state index contributed by atoms with van der Waals surface area (Å²) in [6.07, 6.45) is -3.86. The van der Waals surface area contributed by atoms with Crippen LogP contribution < -0.4 is 0 Å². The Morgan fingerprint density at radius 2 is 2.00 bits per heavy atom. The molecule has 2 aliphatic rings. The molecule has 2 saturated heterocycles. The molecule has 5 atom stereocenters. The number of carbonyl (C=O) groups excluding carboxylic acids is 1. The van der Waals surface area contributed by atoms with E-state index in [4.69, 9.17) is 21.1 Å². The molecule has 0 aliphatic carbocycles. The van der Waals surface area contributed by atoms with Crippen molar-refractivity contribution in [2.75, 3.05) is 0 Å². The molecule has 0 aromatic heterocycles. The number of rotatable bonds is 2. The molecule has 0 spiro atoms. The van der Waals surface area contributed by atoms with Gasteiger partial charge < -0.3 is 19.7 Å². The Labute approximate surface area is 114 Å². The highest BCUT2D eigenvalue weighted by atomic mass is 35.5. The Morgan fingerprint density at radius 3 is 2.63 bits per heavy atom. The van der Waals surface area contributed by atoms with Crippen molar-refractivity contribution in [1.29, 1.82) is 0 Å². The zero-order chi connectivity index (χ0) is 13.6. The molecule has 0 bridgehead atoms. The third-order valence-electron chi connectivity index (χ3n) is 3.53. The lowest BCUT2D eigenvalue weighted by Gasteiger charge is -2.22. The molecule has 0 radical (unpaired) electrons. The minimum absolute atomic E-state index is 0.117. The molecule has 5 nitrogen and oxygen atoms in total. The van der Waals surface area contributed by atoms with E-state index < -0.39 is 30.5 Å². The van der Waals surface area contributed by atoms with Gasteiger partial charge in [-0.2, -0.15) is 0 Å². The van der Waals surface area contributed by atoms with Crippen molar-refractivity contribution in [2.45, 2.75) is 36.9 Å². The Morgan fingerprint density at radius 1 is 1.32 bits per heavy atom. The van der Waals surface area contributed by atoms with Crippen LogP contribution in [0, 0.1) is 0 Å². The summed E-state index contributed by atoms with van der Waals surface area (Å²) in [6.45, 7) is 0. The number of fused-ring (bicyclic) bond motifs is 1. The number of halogens is 1. The van der Waals surface area contributed by atoms with Gasteiger partial charge >= 0.3 is 5.97 Å². The summed E-state index contributed by atoms with van der Waals surface area (Å²) in [4.78, 5) is 11.1. The van der Waals surface area contributed by atoms with Crippen molar-refractivity contribution in [3.63, 3.8) is 0 Å². The molecule has 0 saturated carbocycles. The van der Waals surface area contributed by atoms with Crippen molar-refractivity contribution in [1.82, 2.24) is 0 Å². The number of aliphatic hydroxyl groups is 2. The maximum absolute atomic E-state index is 11.1. The fourth-order valence-corrected chi connectivity index (χ4v) is 2.68. The molecule has 0 unspecified atom stereocenters. The Balaban J connectivity index is 1.77. The molecule has 2 heterocycles. The van der Waals surface area contributed by atoms with Crippen molar-refractivity contribution in [3.8, 4) is 0 Å². The lowest BCUT2D eigenvalue weighted by atomic mass is 9.99. The highest BCUT2D eigenvalue weighted by Crippen LogP contribution is 2.37. The van der Waals surface area contributed by atoms with Crippen LogP contribution in [-0.2, 0) is 14.3 Å². The molecule has 1 aromatic carbocycles. The molecular weight excluding hydrogens is 272 g/mol. The molecule has 3 rings (SSSR count). The lowest BCUT2D eigenvalue weighted by Crippen LogP contribution is -2.35. The molecular formula is C13H13ClO5. The Hall–Kier alpha value is -1.14. The lowest BCUT2D eigenvalue weighted by molar-refractivity contribution is -0.147. The SMILES string of the molecule is O=C1C[C@H]2O[C@H]([C@@H](O)c3ccc(Cl)cc3)[C@H](O)[C@H]2O1. The van der Waals surface area contributed by atoms with Gasteiger partial charge in [0.1, 0.15) is 24.4 Å². The Kier molecular flexibility index (Phi) is 3.22. The largest absolute Gasteiger partial charge is 0.457 e.